The summed E-state index contributed by atoms with van der Waals surface area (Å²) in [5.74, 6) is 1.43. The summed E-state index contributed by atoms with van der Waals surface area (Å²) in [7, 11) is 3.51. The summed E-state index contributed by atoms with van der Waals surface area (Å²) in [6, 6.07) is 14.9. The molecule has 1 aromatic heterocycles. The number of para-hydroxylation sites is 1. The fourth-order valence-electron chi connectivity index (χ4n) is 3.82. The lowest BCUT2D eigenvalue weighted by molar-refractivity contribution is -0.137. The first-order chi connectivity index (χ1) is 16.4. The van der Waals surface area contributed by atoms with Crippen molar-refractivity contribution in [2.75, 3.05) is 31.3 Å². The van der Waals surface area contributed by atoms with Crippen LogP contribution in [0.15, 0.2) is 59.6 Å². The first-order valence-electron chi connectivity index (χ1n) is 11.3. The van der Waals surface area contributed by atoms with Gasteiger partial charge in [-0.15, -0.1) is 0 Å². The minimum Gasteiger partial charge on any atom is -0.381 e. The largest absolute Gasteiger partial charge is 0.416 e. The van der Waals surface area contributed by atoms with Crippen molar-refractivity contribution >= 4 is 23.0 Å². The van der Waals surface area contributed by atoms with Gasteiger partial charge in [-0.2, -0.15) is 13.2 Å². The lowest BCUT2D eigenvalue weighted by Gasteiger charge is -2.21. The quantitative estimate of drug-likeness (QED) is 0.256. The van der Waals surface area contributed by atoms with Gasteiger partial charge < -0.3 is 26.3 Å². The molecule has 0 spiro atoms. The molecular weight excluding hydrogens is 453 g/mol. The van der Waals surface area contributed by atoms with Gasteiger partial charge in [0.1, 0.15) is 11.7 Å². The highest BCUT2D eigenvalue weighted by Gasteiger charge is 2.30. The summed E-state index contributed by atoms with van der Waals surface area (Å²) >= 11 is 0. The van der Waals surface area contributed by atoms with E-state index in [4.69, 9.17) is 5.73 Å². The first kappa shape index (κ1) is 26.2. The van der Waals surface area contributed by atoms with Crippen molar-refractivity contribution in [2.45, 2.75) is 39.0 Å². The summed E-state index contributed by atoms with van der Waals surface area (Å²) in [5.41, 5.74) is 9.30. The number of hydrogen-bond acceptors (Lipinski definition) is 4. The number of nitrogens with two attached hydrogens (primary N) is 1. The van der Waals surface area contributed by atoms with Crippen LogP contribution in [0.4, 0.5) is 30.4 Å². The second-order valence-electron chi connectivity index (χ2n) is 9.12. The SMILES string of the molecule is CN=C(NC)c1c(NCC(C)(C)N)c(C)n(Cc2ccc(C(F)(F)F)cc2)c1Nc1ccccc1. The first-order valence-corrected chi connectivity index (χ1v) is 11.3. The normalized spacial score (nSPS) is 12.5. The van der Waals surface area contributed by atoms with Crippen molar-refractivity contribution < 1.29 is 13.2 Å². The van der Waals surface area contributed by atoms with Crippen LogP contribution in [0.25, 0.3) is 0 Å². The van der Waals surface area contributed by atoms with E-state index in [1.165, 1.54) is 12.1 Å². The number of hydrogen-bond donors (Lipinski definition) is 4. The molecule has 0 amide bonds. The lowest BCUT2D eigenvalue weighted by atomic mass is 10.1. The second-order valence-corrected chi connectivity index (χ2v) is 9.12. The Morgan fingerprint density at radius 2 is 1.66 bits per heavy atom. The zero-order valence-corrected chi connectivity index (χ0v) is 20.7. The predicted molar refractivity (Wildman–Crippen MR) is 138 cm³/mol. The summed E-state index contributed by atoms with van der Waals surface area (Å²) in [6.45, 7) is 6.71. The van der Waals surface area contributed by atoms with Crippen LogP contribution in [-0.2, 0) is 12.7 Å². The van der Waals surface area contributed by atoms with Crippen molar-refractivity contribution in [3.63, 3.8) is 0 Å². The van der Waals surface area contributed by atoms with Crippen molar-refractivity contribution in [3.05, 3.63) is 77.0 Å². The van der Waals surface area contributed by atoms with Gasteiger partial charge in [-0.1, -0.05) is 30.3 Å². The molecule has 188 valence electrons. The number of aromatic nitrogens is 1. The van der Waals surface area contributed by atoms with Crippen LogP contribution in [0.2, 0.25) is 0 Å². The predicted octanol–water partition coefficient (Wildman–Crippen LogP) is 5.35. The Morgan fingerprint density at radius 3 is 2.17 bits per heavy atom. The molecule has 0 unspecified atom stereocenters. The van der Waals surface area contributed by atoms with Crippen LogP contribution in [0.3, 0.4) is 0 Å². The molecule has 3 aromatic rings. The van der Waals surface area contributed by atoms with E-state index in [9.17, 15) is 13.2 Å². The van der Waals surface area contributed by atoms with E-state index in [1.807, 2.05) is 55.7 Å². The van der Waals surface area contributed by atoms with Gasteiger partial charge in [0.2, 0.25) is 0 Å². The molecule has 6 nitrogen and oxygen atoms in total. The molecule has 0 fully saturated rings. The van der Waals surface area contributed by atoms with Crippen molar-refractivity contribution in [1.29, 1.82) is 0 Å². The van der Waals surface area contributed by atoms with E-state index in [2.05, 4.69) is 20.9 Å². The van der Waals surface area contributed by atoms with Gasteiger partial charge >= 0.3 is 6.18 Å². The molecule has 0 aliphatic carbocycles. The molecule has 0 atom stereocenters. The number of halogens is 3. The smallest absolute Gasteiger partial charge is 0.381 e. The number of amidine groups is 1. The highest BCUT2D eigenvalue weighted by molar-refractivity contribution is 6.09. The minimum absolute atomic E-state index is 0.362. The van der Waals surface area contributed by atoms with Gasteiger partial charge in [0.05, 0.1) is 16.8 Å². The Balaban J connectivity index is 2.16. The zero-order valence-electron chi connectivity index (χ0n) is 20.7. The molecule has 2 aromatic carbocycles. The summed E-state index contributed by atoms with van der Waals surface area (Å²) in [4.78, 5) is 4.44. The maximum Gasteiger partial charge on any atom is 0.416 e. The average Bonchev–Trinajstić information content (AvgIpc) is 3.04. The highest BCUT2D eigenvalue weighted by Crippen LogP contribution is 2.36. The number of aliphatic imine (C=N–C) groups is 1. The van der Waals surface area contributed by atoms with E-state index in [1.54, 1.807) is 14.1 Å². The number of anilines is 3. The third-order valence-corrected chi connectivity index (χ3v) is 5.60. The van der Waals surface area contributed by atoms with E-state index in [0.717, 1.165) is 46.1 Å². The molecular formula is C26H33F3N6. The van der Waals surface area contributed by atoms with Gasteiger partial charge in [-0.3, -0.25) is 4.99 Å². The van der Waals surface area contributed by atoms with Crippen LogP contribution in [0, 0.1) is 6.92 Å². The molecule has 5 N–H and O–H groups in total. The van der Waals surface area contributed by atoms with Crippen LogP contribution in [0.1, 0.15) is 36.2 Å². The zero-order chi connectivity index (χ0) is 25.8. The molecule has 3 rings (SSSR count). The molecule has 0 radical (unpaired) electrons. The molecule has 1 heterocycles. The van der Waals surface area contributed by atoms with Gasteiger partial charge in [-0.05, 0) is 50.6 Å². The second kappa shape index (κ2) is 10.4. The van der Waals surface area contributed by atoms with Crippen molar-refractivity contribution in [2.24, 2.45) is 10.7 Å². The molecule has 0 saturated heterocycles. The number of rotatable bonds is 8. The summed E-state index contributed by atoms with van der Waals surface area (Å²) < 4.78 is 41.2. The maximum absolute atomic E-state index is 13.1. The number of benzene rings is 2. The Hall–Kier alpha value is -3.46. The number of nitrogens with zero attached hydrogens (tertiary/aromatic N) is 2. The standard InChI is InChI=1S/C26H33F3N6/c1-17-22(33-16-25(2,3)30)21(23(31-4)32-5)24(34-20-9-7-6-8-10-20)35(17)15-18-11-13-19(14-12-18)26(27,28)29/h6-14,33-34H,15-16,30H2,1-5H3,(H,31,32). The fourth-order valence-corrected chi connectivity index (χ4v) is 3.82. The molecule has 9 heteroatoms. The van der Waals surface area contributed by atoms with E-state index in [0.29, 0.717) is 18.9 Å². The van der Waals surface area contributed by atoms with Gasteiger partial charge in [0.25, 0.3) is 0 Å². The third-order valence-electron chi connectivity index (χ3n) is 5.60. The lowest BCUT2D eigenvalue weighted by Crippen LogP contribution is -2.40. The Labute approximate surface area is 204 Å². The van der Waals surface area contributed by atoms with Crippen LogP contribution in [0.5, 0.6) is 0 Å². The Bertz CT molecular complexity index is 1160. The van der Waals surface area contributed by atoms with Gasteiger partial charge in [-0.25, -0.2) is 0 Å². The number of alkyl halides is 3. The fraction of sp³-hybridized carbons (Fsp3) is 0.346. The molecule has 0 bridgehead atoms. The molecule has 0 aliphatic rings. The monoisotopic (exact) mass is 486 g/mol. The van der Waals surface area contributed by atoms with Gasteiger partial charge in [0, 0.05) is 44.1 Å². The number of nitrogens with one attached hydrogen (secondary N) is 3. The average molecular weight is 487 g/mol. The topological polar surface area (TPSA) is 79.4 Å². The molecule has 35 heavy (non-hydrogen) atoms. The van der Waals surface area contributed by atoms with Crippen LogP contribution < -0.4 is 21.7 Å². The van der Waals surface area contributed by atoms with Crippen molar-refractivity contribution in [3.8, 4) is 0 Å². The summed E-state index contributed by atoms with van der Waals surface area (Å²) in [5, 5.41) is 10.1. The maximum atomic E-state index is 13.1. The van der Waals surface area contributed by atoms with E-state index < -0.39 is 17.3 Å². The van der Waals surface area contributed by atoms with E-state index in [-0.39, 0.29) is 0 Å². The van der Waals surface area contributed by atoms with E-state index >= 15 is 0 Å². The molecule has 0 saturated carbocycles. The van der Waals surface area contributed by atoms with Crippen LogP contribution in [-0.4, -0.2) is 36.6 Å². The highest BCUT2D eigenvalue weighted by atomic mass is 19.4. The van der Waals surface area contributed by atoms with Gasteiger partial charge in [0.15, 0.2) is 0 Å². The third kappa shape index (κ3) is 6.36. The Kier molecular flexibility index (Phi) is 7.80. The Morgan fingerprint density at radius 1 is 1.03 bits per heavy atom. The minimum atomic E-state index is -4.37. The van der Waals surface area contributed by atoms with Crippen molar-refractivity contribution in [1.82, 2.24) is 9.88 Å². The van der Waals surface area contributed by atoms with Crippen LogP contribution >= 0.6 is 0 Å². The summed E-state index contributed by atoms with van der Waals surface area (Å²) in [6.07, 6.45) is -4.37. The molecule has 0 aliphatic heterocycles.